The number of carbonyl (C=O) groups excluding carboxylic acids is 1. The lowest BCUT2D eigenvalue weighted by Crippen LogP contribution is -2.16. The zero-order chi connectivity index (χ0) is 19.1. The van der Waals surface area contributed by atoms with Crippen LogP contribution in [-0.2, 0) is 17.8 Å². The number of benzene rings is 3. The lowest BCUT2D eigenvalue weighted by Gasteiger charge is -2.02. The number of fused-ring (bicyclic) bond motifs is 3. The molecule has 3 aromatic carbocycles. The Morgan fingerprint density at radius 3 is 2.68 bits per heavy atom. The summed E-state index contributed by atoms with van der Waals surface area (Å²) >= 11 is 1.50. The van der Waals surface area contributed by atoms with Gasteiger partial charge in [0.2, 0.25) is 6.79 Å². The molecule has 28 heavy (non-hydrogen) atoms. The summed E-state index contributed by atoms with van der Waals surface area (Å²) in [7, 11) is 0. The van der Waals surface area contributed by atoms with E-state index in [9.17, 15) is 4.79 Å². The van der Waals surface area contributed by atoms with Crippen molar-refractivity contribution in [1.29, 1.82) is 0 Å². The SMILES string of the molecule is CCn1c(=NC(=O)Cc2ccc3ccccc3c2)sc2cc3c(cc21)OCO3. The number of nitrogens with zero attached hydrogens (tertiary/aromatic N) is 2. The molecule has 0 fully saturated rings. The maximum atomic E-state index is 12.6. The molecule has 0 bridgehead atoms. The number of hydrogen-bond donors (Lipinski definition) is 0. The molecule has 0 saturated carbocycles. The van der Waals surface area contributed by atoms with Gasteiger partial charge in [-0.3, -0.25) is 4.79 Å². The van der Waals surface area contributed by atoms with E-state index in [4.69, 9.17) is 9.47 Å². The van der Waals surface area contributed by atoms with Crippen LogP contribution in [0.4, 0.5) is 0 Å². The summed E-state index contributed by atoms with van der Waals surface area (Å²) in [6.45, 7) is 3.02. The smallest absolute Gasteiger partial charge is 0.252 e. The minimum Gasteiger partial charge on any atom is -0.454 e. The van der Waals surface area contributed by atoms with Crippen LogP contribution in [0.3, 0.4) is 0 Å². The number of carbonyl (C=O) groups is 1. The first-order chi connectivity index (χ1) is 13.7. The number of rotatable bonds is 3. The summed E-state index contributed by atoms with van der Waals surface area (Å²) in [5, 5.41) is 2.30. The van der Waals surface area contributed by atoms with Crippen molar-refractivity contribution in [2.75, 3.05) is 6.79 Å². The Hall–Kier alpha value is -3.12. The molecule has 1 aromatic heterocycles. The highest BCUT2D eigenvalue weighted by Crippen LogP contribution is 2.36. The second-order valence-corrected chi connectivity index (χ2v) is 7.68. The molecule has 1 amide bonds. The molecule has 0 radical (unpaired) electrons. The predicted molar refractivity (Wildman–Crippen MR) is 110 cm³/mol. The molecule has 0 atom stereocenters. The molecule has 4 aromatic rings. The molecule has 0 spiro atoms. The van der Waals surface area contributed by atoms with Gasteiger partial charge in [0, 0.05) is 18.7 Å². The van der Waals surface area contributed by atoms with Gasteiger partial charge in [0.15, 0.2) is 16.3 Å². The first-order valence-corrected chi connectivity index (χ1v) is 10.0. The maximum absolute atomic E-state index is 12.6. The average molecular weight is 390 g/mol. The van der Waals surface area contributed by atoms with Gasteiger partial charge >= 0.3 is 0 Å². The Bertz CT molecular complexity index is 1290. The molecular weight excluding hydrogens is 372 g/mol. The number of aryl methyl sites for hydroxylation is 1. The molecule has 1 aliphatic rings. The van der Waals surface area contributed by atoms with E-state index in [1.54, 1.807) is 0 Å². The van der Waals surface area contributed by atoms with Crippen molar-refractivity contribution in [2.45, 2.75) is 19.9 Å². The van der Waals surface area contributed by atoms with Crippen molar-refractivity contribution in [2.24, 2.45) is 4.99 Å². The zero-order valence-electron chi connectivity index (χ0n) is 15.3. The van der Waals surface area contributed by atoms with Gasteiger partial charge in [0.05, 0.1) is 16.6 Å². The van der Waals surface area contributed by atoms with E-state index < -0.39 is 0 Å². The Labute approximate surface area is 165 Å². The quantitative estimate of drug-likeness (QED) is 0.525. The Morgan fingerprint density at radius 2 is 1.86 bits per heavy atom. The first kappa shape index (κ1) is 17.0. The molecule has 5 rings (SSSR count). The van der Waals surface area contributed by atoms with Gasteiger partial charge in [-0.25, -0.2) is 0 Å². The summed E-state index contributed by atoms with van der Waals surface area (Å²) in [6.07, 6.45) is 0.283. The van der Waals surface area contributed by atoms with Gasteiger partial charge < -0.3 is 14.0 Å². The fourth-order valence-corrected chi connectivity index (χ4v) is 4.64. The van der Waals surface area contributed by atoms with Crippen LogP contribution in [0.1, 0.15) is 12.5 Å². The average Bonchev–Trinajstić information content (AvgIpc) is 3.28. The third-order valence-corrected chi connectivity index (χ3v) is 5.92. The van der Waals surface area contributed by atoms with Crippen molar-refractivity contribution in [3.05, 3.63) is 65.0 Å². The maximum Gasteiger partial charge on any atom is 0.252 e. The van der Waals surface area contributed by atoms with Crippen molar-refractivity contribution in [3.63, 3.8) is 0 Å². The first-order valence-electron chi connectivity index (χ1n) is 9.19. The fraction of sp³-hybridized carbons (Fsp3) is 0.182. The Kier molecular flexibility index (Phi) is 4.13. The molecule has 5 nitrogen and oxygen atoms in total. The Balaban J connectivity index is 1.50. The summed E-state index contributed by atoms with van der Waals surface area (Å²) in [5.74, 6) is 1.33. The molecule has 0 saturated heterocycles. The van der Waals surface area contributed by atoms with Crippen molar-refractivity contribution in [3.8, 4) is 11.5 Å². The van der Waals surface area contributed by atoms with Crippen LogP contribution >= 0.6 is 11.3 Å². The fourth-order valence-electron chi connectivity index (χ4n) is 3.52. The topological polar surface area (TPSA) is 52.8 Å². The van der Waals surface area contributed by atoms with Crippen LogP contribution in [0.5, 0.6) is 11.5 Å². The number of hydrogen-bond acceptors (Lipinski definition) is 4. The minimum absolute atomic E-state index is 0.149. The highest BCUT2D eigenvalue weighted by Gasteiger charge is 2.17. The van der Waals surface area contributed by atoms with E-state index >= 15 is 0 Å². The van der Waals surface area contributed by atoms with Gasteiger partial charge in [0.1, 0.15) is 0 Å². The molecule has 6 heteroatoms. The predicted octanol–water partition coefficient (Wildman–Crippen LogP) is 4.27. The number of amides is 1. The van der Waals surface area contributed by atoms with E-state index in [1.807, 2.05) is 47.9 Å². The molecule has 1 aliphatic heterocycles. The molecule has 0 unspecified atom stereocenters. The lowest BCUT2D eigenvalue weighted by atomic mass is 10.1. The van der Waals surface area contributed by atoms with Crippen molar-refractivity contribution >= 4 is 38.2 Å². The molecule has 0 N–H and O–H groups in total. The lowest BCUT2D eigenvalue weighted by molar-refractivity contribution is -0.117. The van der Waals surface area contributed by atoms with Gasteiger partial charge in [-0.05, 0) is 23.3 Å². The third kappa shape index (κ3) is 2.96. The minimum atomic E-state index is -0.149. The molecule has 0 aliphatic carbocycles. The van der Waals surface area contributed by atoms with E-state index in [2.05, 4.69) is 23.2 Å². The van der Waals surface area contributed by atoms with E-state index in [-0.39, 0.29) is 19.1 Å². The third-order valence-electron chi connectivity index (χ3n) is 4.88. The van der Waals surface area contributed by atoms with Gasteiger partial charge in [-0.15, -0.1) is 0 Å². The highest BCUT2D eigenvalue weighted by atomic mass is 32.1. The van der Waals surface area contributed by atoms with Crippen LogP contribution in [0, 0.1) is 0 Å². The van der Waals surface area contributed by atoms with Crippen LogP contribution in [0.2, 0.25) is 0 Å². The number of aromatic nitrogens is 1. The highest BCUT2D eigenvalue weighted by molar-refractivity contribution is 7.16. The summed E-state index contributed by atoms with van der Waals surface area (Å²) in [4.78, 5) is 17.7. The second kappa shape index (κ2) is 6.80. The number of thiazole rings is 1. The molecular formula is C22H18N2O3S. The second-order valence-electron chi connectivity index (χ2n) is 6.67. The van der Waals surface area contributed by atoms with Crippen LogP contribution in [0.25, 0.3) is 21.0 Å². The van der Waals surface area contributed by atoms with Crippen LogP contribution in [-0.4, -0.2) is 17.3 Å². The van der Waals surface area contributed by atoms with Gasteiger partial charge in [0.25, 0.3) is 5.91 Å². The molecule has 140 valence electrons. The number of ether oxygens (including phenoxy) is 2. The summed E-state index contributed by atoms with van der Waals surface area (Å²) < 4.78 is 14.0. The van der Waals surface area contributed by atoms with Crippen molar-refractivity contribution < 1.29 is 14.3 Å². The van der Waals surface area contributed by atoms with Gasteiger partial charge in [-0.2, -0.15) is 4.99 Å². The standard InChI is InChI=1S/C22H18N2O3S/c1-2-24-17-11-18-19(27-13-26-18)12-20(17)28-22(24)23-21(25)10-14-7-8-15-5-3-4-6-16(15)9-14/h3-9,11-12H,2,10,13H2,1H3. The summed E-state index contributed by atoms with van der Waals surface area (Å²) in [6, 6.07) is 18.2. The van der Waals surface area contributed by atoms with Crippen LogP contribution < -0.4 is 14.3 Å². The zero-order valence-corrected chi connectivity index (χ0v) is 16.2. The van der Waals surface area contributed by atoms with Crippen LogP contribution in [0.15, 0.2) is 59.6 Å². The van der Waals surface area contributed by atoms with Crippen molar-refractivity contribution in [1.82, 2.24) is 4.57 Å². The van der Waals surface area contributed by atoms with Gasteiger partial charge in [-0.1, -0.05) is 53.8 Å². The normalized spacial score (nSPS) is 13.5. The monoisotopic (exact) mass is 390 g/mol. The van der Waals surface area contributed by atoms with E-state index in [0.29, 0.717) is 4.80 Å². The largest absolute Gasteiger partial charge is 0.454 e. The summed E-state index contributed by atoms with van der Waals surface area (Å²) in [5.41, 5.74) is 1.98. The Morgan fingerprint density at radius 1 is 1.07 bits per heavy atom. The van der Waals surface area contributed by atoms with E-state index in [0.717, 1.165) is 39.2 Å². The van der Waals surface area contributed by atoms with E-state index in [1.165, 1.54) is 16.7 Å². The molecule has 2 heterocycles.